The summed E-state index contributed by atoms with van der Waals surface area (Å²) < 4.78 is 49.8. The van der Waals surface area contributed by atoms with Crippen LogP contribution in [-0.4, -0.2) is 23.7 Å². The van der Waals surface area contributed by atoms with Crippen molar-refractivity contribution in [1.82, 2.24) is 15.0 Å². The highest BCUT2D eigenvalue weighted by molar-refractivity contribution is 7.80. The Morgan fingerprint density at radius 1 is 1.17 bits per heavy atom. The number of anilines is 3. The summed E-state index contributed by atoms with van der Waals surface area (Å²) in [6.07, 6.45) is 1.20. The number of rotatable bonds is 4. The predicted octanol–water partition coefficient (Wildman–Crippen LogP) is 3.25. The van der Waals surface area contributed by atoms with Gasteiger partial charge in [-0.25, -0.2) is 27.9 Å². The molecule has 1 aromatic carbocycles. The first-order chi connectivity index (χ1) is 11.5. The fraction of sp³-hybridized carbons (Fsp3) is 0. The Bertz CT molecular complexity index is 959. The monoisotopic (exact) mass is 371 g/mol. The minimum absolute atomic E-state index is 0.0302. The lowest BCUT2D eigenvalue weighted by Gasteiger charge is -2.12. The number of hydrogen-bond donors (Lipinski definition) is 3. The molecule has 3 N–H and O–H groups in total. The van der Waals surface area contributed by atoms with E-state index in [1.165, 1.54) is 12.4 Å². The minimum atomic E-state index is -2.51. The molecule has 1 atom stereocenters. The molecule has 0 aliphatic heterocycles. The van der Waals surface area contributed by atoms with Gasteiger partial charge in [0.05, 0.1) is 11.2 Å². The third-order valence-corrected chi connectivity index (χ3v) is 3.58. The van der Waals surface area contributed by atoms with Crippen molar-refractivity contribution < 1.29 is 17.5 Å². The van der Waals surface area contributed by atoms with Crippen molar-refractivity contribution >= 4 is 51.1 Å². The van der Waals surface area contributed by atoms with E-state index in [0.717, 1.165) is 12.1 Å². The molecular formula is C13H8ClF2N5O2S. The third kappa shape index (κ3) is 3.25. The van der Waals surface area contributed by atoms with Crippen LogP contribution in [0.15, 0.2) is 30.6 Å². The van der Waals surface area contributed by atoms with Gasteiger partial charge < -0.3 is 5.32 Å². The Labute approximate surface area is 141 Å². The molecule has 1 unspecified atom stereocenters. The average molecular weight is 372 g/mol. The summed E-state index contributed by atoms with van der Waals surface area (Å²) in [7, 11) is 0. The van der Waals surface area contributed by atoms with Crippen LogP contribution in [0, 0.1) is 11.6 Å². The fourth-order valence-corrected chi connectivity index (χ4v) is 2.46. The maximum Gasteiger partial charge on any atom is 0.259 e. The molecule has 3 aromatic rings. The molecule has 0 bridgehead atoms. The van der Waals surface area contributed by atoms with E-state index in [-0.39, 0.29) is 22.2 Å². The molecule has 2 aromatic heterocycles. The number of fused-ring (bicyclic) bond motifs is 1. The molecule has 0 spiro atoms. The van der Waals surface area contributed by atoms with Crippen molar-refractivity contribution in [2.75, 3.05) is 10.0 Å². The second-order valence-electron chi connectivity index (χ2n) is 4.48. The van der Waals surface area contributed by atoms with Gasteiger partial charge in [-0.05, 0) is 24.3 Å². The van der Waals surface area contributed by atoms with Crippen molar-refractivity contribution in [3.63, 3.8) is 0 Å². The van der Waals surface area contributed by atoms with Crippen LogP contribution in [0.1, 0.15) is 0 Å². The number of aromatic nitrogens is 3. The Kier molecular flexibility index (Phi) is 4.51. The smallest absolute Gasteiger partial charge is 0.259 e. The second kappa shape index (κ2) is 6.59. The van der Waals surface area contributed by atoms with Crippen molar-refractivity contribution in [3.8, 4) is 0 Å². The van der Waals surface area contributed by atoms with E-state index in [4.69, 9.17) is 16.2 Å². The molecular weight excluding hydrogens is 364 g/mol. The van der Waals surface area contributed by atoms with Gasteiger partial charge in [-0.3, -0.25) is 9.27 Å². The highest BCUT2D eigenvalue weighted by Gasteiger charge is 2.17. The normalized spacial score (nSPS) is 12.2. The van der Waals surface area contributed by atoms with Crippen LogP contribution in [0.5, 0.6) is 0 Å². The lowest BCUT2D eigenvalue weighted by molar-refractivity contribution is 0.567. The Balaban J connectivity index is 2.09. The van der Waals surface area contributed by atoms with Crippen LogP contribution in [0.25, 0.3) is 11.0 Å². The Hall–Kier alpha value is -2.43. The third-order valence-electron chi connectivity index (χ3n) is 2.98. The van der Waals surface area contributed by atoms with E-state index in [9.17, 15) is 13.0 Å². The zero-order valence-electron chi connectivity index (χ0n) is 11.6. The van der Waals surface area contributed by atoms with Crippen molar-refractivity contribution in [1.29, 1.82) is 0 Å². The topological polar surface area (TPSA) is 100 Å². The summed E-state index contributed by atoms with van der Waals surface area (Å²) in [6.45, 7) is 0. The molecule has 0 radical (unpaired) electrons. The van der Waals surface area contributed by atoms with Crippen LogP contribution >= 0.6 is 11.6 Å². The first-order valence-corrected chi connectivity index (χ1v) is 7.84. The molecule has 0 aliphatic carbocycles. The summed E-state index contributed by atoms with van der Waals surface area (Å²) in [6, 6.07) is 5.03. The largest absolute Gasteiger partial charge is 0.333 e. The number of nitrogens with zero attached hydrogens (tertiary/aromatic N) is 3. The van der Waals surface area contributed by atoms with E-state index < -0.39 is 28.6 Å². The quantitative estimate of drug-likeness (QED) is 0.481. The molecule has 0 saturated heterocycles. The van der Waals surface area contributed by atoms with Crippen LogP contribution in [0.2, 0.25) is 5.15 Å². The highest BCUT2D eigenvalue weighted by atomic mass is 35.5. The number of halogens is 3. The molecule has 3 rings (SSSR count). The van der Waals surface area contributed by atoms with E-state index in [1.54, 1.807) is 6.07 Å². The highest BCUT2D eigenvalue weighted by Crippen LogP contribution is 2.30. The molecule has 124 valence electrons. The summed E-state index contributed by atoms with van der Waals surface area (Å²) in [5, 5.41) is 2.64. The van der Waals surface area contributed by atoms with Gasteiger partial charge in [-0.2, -0.15) is 0 Å². The molecule has 0 amide bonds. The van der Waals surface area contributed by atoms with E-state index in [1.807, 2.05) is 4.72 Å². The molecule has 2 heterocycles. The van der Waals surface area contributed by atoms with Crippen LogP contribution in [0.3, 0.4) is 0 Å². The summed E-state index contributed by atoms with van der Waals surface area (Å²) in [5.74, 6) is -1.98. The molecule has 7 nitrogen and oxygen atoms in total. The Morgan fingerprint density at radius 2 is 1.96 bits per heavy atom. The van der Waals surface area contributed by atoms with Gasteiger partial charge in [0.25, 0.3) is 11.3 Å². The standard InChI is InChI=1S/C13H8ClF2N5O2S/c14-9-4-3-8-12(19-9)13(18-5-17-8)20-11-6(15)1-2-7(10(11)16)21-24(22)23/h1-5,21H,(H,22,23)(H,17,18,20). The average Bonchev–Trinajstić information content (AvgIpc) is 2.54. The number of pyridine rings is 1. The van der Waals surface area contributed by atoms with Crippen molar-refractivity contribution in [3.05, 3.63) is 47.4 Å². The fourth-order valence-electron chi connectivity index (χ4n) is 1.97. The summed E-state index contributed by atoms with van der Waals surface area (Å²) in [4.78, 5) is 11.9. The van der Waals surface area contributed by atoms with Gasteiger partial charge >= 0.3 is 0 Å². The summed E-state index contributed by atoms with van der Waals surface area (Å²) in [5.41, 5.74) is -0.285. The van der Waals surface area contributed by atoms with E-state index in [0.29, 0.717) is 5.52 Å². The maximum atomic E-state index is 14.4. The van der Waals surface area contributed by atoms with Gasteiger partial charge in [0.15, 0.2) is 11.6 Å². The number of nitrogens with one attached hydrogen (secondary N) is 2. The molecule has 0 aliphatic rings. The molecule has 0 saturated carbocycles. The zero-order valence-corrected chi connectivity index (χ0v) is 13.2. The lowest BCUT2D eigenvalue weighted by atomic mass is 10.2. The van der Waals surface area contributed by atoms with Gasteiger partial charge in [0.2, 0.25) is 0 Å². The lowest BCUT2D eigenvalue weighted by Crippen LogP contribution is -2.07. The van der Waals surface area contributed by atoms with Gasteiger partial charge in [0, 0.05) is 0 Å². The zero-order chi connectivity index (χ0) is 17.3. The van der Waals surface area contributed by atoms with Crippen LogP contribution < -0.4 is 10.0 Å². The molecule has 0 fully saturated rings. The molecule has 24 heavy (non-hydrogen) atoms. The maximum absolute atomic E-state index is 14.4. The molecule has 11 heteroatoms. The second-order valence-corrected chi connectivity index (χ2v) is 5.57. The number of benzene rings is 1. The van der Waals surface area contributed by atoms with Crippen LogP contribution in [-0.2, 0) is 11.3 Å². The van der Waals surface area contributed by atoms with Crippen LogP contribution in [0.4, 0.5) is 26.0 Å². The van der Waals surface area contributed by atoms with E-state index >= 15 is 0 Å². The van der Waals surface area contributed by atoms with Crippen molar-refractivity contribution in [2.24, 2.45) is 0 Å². The van der Waals surface area contributed by atoms with Gasteiger partial charge in [0.1, 0.15) is 28.5 Å². The SMILES string of the molecule is O=S(O)Nc1ccc(F)c(Nc2ncnc3ccc(Cl)nc23)c1F. The first-order valence-electron chi connectivity index (χ1n) is 6.35. The Morgan fingerprint density at radius 3 is 2.71 bits per heavy atom. The number of hydrogen-bond acceptors (Lipinski definition) is 5. The predicted molar refractivity (Wildman–Crippen MR) is 86.4 cm³/mol. The van der Waals surface area contributed by atoms with E-state index in [2.05, 4.69) is 20.3 Å². The minimum Gasteiger partial charge on any atom is -0.333 e. The van der Waals surface area contributed by atoms with Crippen molar-refractivity contribution in [2.45, 2.75) is 0 Å². The van der Waals surface area contributed by atoms with Gasteiger partial charge in [-0.15, -0.1) is 0 Å². The summed E-state index contributed by atoms with van der Waals surface area (Å²) >= 11 is 3.32. The van der Waals surface area contributed by atoms with Gasteiger partial charge in [-0.1, -0.05) is 11.6 Å². The first kappa shape index (κ1) is 16.4.